The maximum atomic E-state index is 13.0. The van der Waals surface area contributed by atoms with Crippen LogP contribution in [0.25, 0.3) is 5.65 Å². The molecule has 0 saturated heterocycles. The van der Waals surface area contributed by atoms with E-state index in [1.165, 1.54) is 14.2 Å². The minimum absolute atomic E-state index is 0.0188. The van der Waals surface area contributed by atoms with Gasteiger partial charge in [-0.2, -0.15) is 0 Å². The van der Waals surface area contributed by atoms with Gasteiger partial charge >= 0.3 is 5.97 Å². The number of hydrogen-bond acceptors (Lipinski definition) is 6. The molecule has 0 atom stereocenters. The topological polar surface area (TPSA) is 91.2 Å². The highest BCUT2D eigenvalue weighted by Crippen LogP contribution is 2.30. The second-order valence-electron chi connectivity index (χ2n) is 5.45. The number of rotatable bonds is 6. The largest absolute Gasteiger partial charge is 0.496 e. The minimum atomic E-state index is -0.622. The van der Waals surface area contributed by atoms with Crippen molar-refractivity contribution in [2.75, 3.05) is 26.1 Å². The van der Waals surface area contributed by atoms with Crippen molar-refractivity contribution in [3.05, 3.63) is 53.9 Å². The molecule has 8 nitrogen and oxygen atoms in total. The smallest absolute Gasteiger partial charge is 0.360 e. The number of benzene rings is 1. The van der Waals surface area contributed by atoms with Crippen LogP contribution >= 0.6 is 0 Å². The molecule has 0 spiro atoms. The number of nitrogens with one attached hydrogen (secondary N) is 1. The summed E-state index contributed by atoms with van der Waals surface area (Å²) in [5.41, 5.74) is 0.733. The Bertz CT molecular complexity index is 974. The molecule has 0 bridgehead atoms. The maximum absolute atomic E-state index is 13.0. The molecule has 140 valence electrons. The fraction of sp³-hybridized carbons (Fsp3) is 0.211. The Morgan fingerprint density at radius 2 is 1.78 bits per heavy atom. The summed E-state index contributed by atoms with van der Waals surface area (Å²) in [6.45, 7) is 1.89. The SMILES string of the molecule is CCOC(=O)c1nc2ccccn2c1NC(=O)c1c(OC)cccc1OC. The standard InChI is InChI=1S/C19H19N3O5/c1-4-27-19(24)16-17(22-11-6-5-10-14(22)20-16)21-18(23)15-12(25-2)8-7-9-13(15)26-3/h5-11H,4H2,1-3H3,(H,21,23). The zero-order chi connectivity index (χ0) is 19.4. The van der Waals surface area contributed by atoms with Crippen molar-refractivity contribution in [3.8, 4) is 11.5 Å². The van der Waals surface area contributed by atoms with Gasteiger partial charge < -0.3 is 19.5 Å². The number of esters is 1. The lowest BCUT2D eigenvalue weighted by atomic mass is 10.1. The number of hydrogen-bond donors (Lipinski definition) is 1. The van der Waals surface area contributed by atoms with E-state index in [9.17, 15) is 9.59 Å². The molecule has 27 heavy (non-hydrogen) atoms. The van der Waals surface area contributed by atoms with Crippen molar-refractivity contribution in [2.24, 2.45) is 0 Å². The number of carbonyl (C=O) groups is 2. The van der Waals surface area contributed by atoms with E-state index in [-0.39, 0.29) is 23.7 Å². The van der Waals surface area contributed by atoms with Crippen LogP contribution in [0.1, 0.15) is 27.8 Å². The molecule has 3 rings (SSSR count). The van der Waals surface area contributed by atoms with Crippen LogP contribution in [0.3, 0.4) is 0 Å². The fourth-order valence-electron chi connectivity index (χ4n) is 2.70. The zero-order valence-corrected chi connectivity index (χ0v) is 15.2. The van der Waals surface area contributed by atoms with Gasteiger partial charge in [-0.25, -0.2) is 9.78 Å². The molecule has 0 radical (unpaired) electrons. The first-order valence-corrected chi connectivity index (χ1v) is 8.27. The van der Waals surface area contributed by atoms with E-state index in [0.29, 0.717) is 17.1 Å². The summed E-state index contributed by atoms with van der Waals surface area (Å²) in [4.78, 5) is 29.6. The number of anilines is 1. The Labute approximate surface area is 155 Å². The number of methoxy groups -OCH3 is 2. The molecule has 0 fully saturated rings. The van der Waals surface area contributed by atoms with Crippen LogP contribution < -0.4 is 14.8 Å². The van der Waals surface area contributed by atoms with E-state index in [2.05, 4.69) is 10.3 Å². The Morgan fingerprint density at radius 1 is 1.07 bits per heavy atom. The van der Waals surface area contributed by atoms with Crippen molar-refractivity contribution in [3.63, 3.8) is 0 Å². The number of ether oxygens (including phenoxy) is 3. The van der Waals surface area contributed by atoms with Crippen LogP contribution in [0.2, 0.25) is 0 Å². The van der Waals surface area contributed by atoms with Crippen LogP contribution in [0.5, 0.6) is 11.5 Å². The maximum Gasteiger partial charge on any atom is 0.360 e. The monoisotopic (exact) mass is 369 g/mol. The number of nitrogens with zero attached hydrogens (tertiary/aromatic N) is 2. The first-order chi connectivity index (χ1) is 13.1. The summed E-state index contributed by atoms with van der Waals surface area (Å²) in [7, 11) is 2.92. The van der Waals surface area contributed by atoms with Crippen LogP contribution in [-0.2, 0) is 4.74 Å². The average molecular weight is 369 g/mol. The second-order valence-corrected chi connectivity index (χ2v) is 5.45. The first-order valence-electron chi connectivity index (χ1n) is 8.27. The van der Waals surface area contributed by atoms with Gasteiger partial charge in [0.1, 0.15) is 22.7 Å². The Balaban J connectivity index is 2.08. The summed E-state index contributed by atoms with van der Waals surface area (Å²) in [6.07, 6.45) is 1.69. The van der Waals surface area contributed by atoms with E-state index in [4.69, 9.17) is 14.2 Å². The van der Waals surface area contributed by atoms with Crippen molar-refractivity contribution in [1.29, 1.82) is 0 Å². The highest BCUT2D eigenvalue weighted by atomic mass is 16.5. The zero-order valence-electron chi connectivity index (χ0n) is 15.2. The molecule has 2 aromatic heterocycles. The van der Waals surface area contributed by atoms with Gasteiger partial charge in [0.15, 0.2) is 11.5 Å². The van der Waals surface area contributed by atoms with Gasteiger partial charge in [0.05, 0.1) is 20.8 Å². The first kappa shape index (κ1) is 18.2. The molecule has 0 unspecified atom stereocenters. The van der Waals surface area contributed by atoms with Crippen LogP contribution in [-0.4, -0.2) is 42.1 Å². The molecule has 0 aliphatic heterocycles. The number of fused-ring (bicyclic) bond motifs is 1. The summed E-state index contributed by atoms with van der Waals surface area (Å²) < 4.78 is 17.2. The van der Waals surface area contributed by atoms with E-state index in [0.717, 1.165) is 0 Å². The van der Waals surface area contributed by atoms with E-state index in [1.54, 1.807) is 53.9 Å². The second kappa shape index (κ2) is 7.77. The third-order valence-corrected chi connectivity index (χ3v) is 3.89. The third-order valence-electron chi connectivity index (χ3n) is 3.89. The Morgan fingerprint density at radius 3 is 2.41 bits per heavy atom. The molecule has 0 aliphatic rings. The number of carbonyl (C=O) groups excluding carboxylic acids is 2. The Hall–Kier alpha value is -3.55. The molecule has 8 heteroatoms. The highest BCUT2D eigenvalue weighted by molar-refractivity contribution is 6.10. The van der Waals surface area contributed by atoms with E-state index in [1.807, 2.05) is 0 Å². The molecule has 1 aromatic carbocycles. The van der Waals surface area contributed by atoms with Gasteiger partial charge in [0.2, 0.25) is 0 Å². The lowest BCUT2D eigenvalue weighted by molar-refractivity contribution is 0.0521. The normalized spacial score (nSPS) is 10.5. The number of imidazole rings is 1. The number of amides is 1. The average Bonchev–Trinajstić information content (AvgIpc) is 3.06. The van der Waals surface area contributed by atoms with E-state index >= 15 is 0 Å². The lowest BCUT2D eigenvalue weighted by Gasteiger charge is -2.13. The van der Waals surface area contributed by atoms with Gasteiger partial charge in [-0.1, -0.05) is 12.1 Å². The molecular formula is C19H19N3O5. The molecule has 0 aliphatic carbocycles. The van der Waals surface area contributed by atoms with Gasteiger partial charge in [-0.3, -0.25) is 9.20 Å². The fourth-order valence-corrected chi connectivity index (χ4v) is 2.70. The lowest BCUT2D eigenvalue weighted by Crippen LogP contribution is -2.18. The summed E-state index contributed by atoms with van der Waals surface area (Å²) in [6, 6.07) is 10.3. The van der Waals surface area contributed by atoms with Gasteiger partial charge in [-0.15, -0.1) is 0 Å². The number of pyridine rings is 1. The molecule has 2 heterocycles. The van der Waals surface area contributed by atoms with Crippen molar-refractivity contribution in [2.45, 2.75) is 6.92 Å². The quantitative estimate of drug-likeness (QED) is 0.672. The minimum Gasteiger partial charge on any atom is -0.496 e. The van der Waals surface area contributed by atoms with Crippen LogP contribution in [0, 0.1) is 0 Å². The molecule has 1 N–H and O–H groups in total. The predicted molar refractivity (Wildman–Crippen MR) is 98.6 cm³/mol. The third kappa shape index (κ3) is 3.41. The van der Waals surface area contributed by atoms with Crippen molar-refractivity contribution >= 4 is 23.3 Å². The molecule has 0 saturated carbocycles. The summed E-state index contributed by atoms with van der Waals surface area (Å²) >= 11 is 0. The van der Waals surface area contributed by atoms with Crippen LogP contribution in [0.4, 0.5) is 5.82 Å². The molecule has 3 aromatic rings. The molecular weight excluding hydrogens is 350 g/mol. The van der Waals surface area contributed by atoms with Gasteiger partial charge in [0.25, 0.3) is 5.91 Å². The molecule has 1 amide bonds. The highest BCUT2D eigenvalue weighted by Gasteiger charge is 2.25. The summed E-state index contributed by atoms with van der Waals surface area (Å²) in [5.74, 6) is -0.220. The van der Waals surface area contributed by atoms with E-state index < -0.39 is 11.9 Å². The van der Waals surface area contributed by atoms with Crippen LogP contribution in [0.15, 0.2) is 42.6 Å². The summed E-state index contributed by atoms with van der Waals surface area (Å²) in [5, 5.41) is 2.74. The van der Waals surface area contributed by atoms with Crippen molar-refractivity contribution < 1.29 is 23.8 Å². The number of aromatic nitrogens is 2. The van der Waals surface area contributed by atoms with Gasteiger partial charge in [-0.05, 0) is 31.2 Å². The van der Waals surface area contributed by atoms with Gasteiger partial charge in [0, 0.05) is 6.20 Å². The predicted octanol–water partition coefficient (Wildman–Crippen LogP) is 2.78. The van der Waals surface area contributed by atoms with Crippen molar-refractivity contribution in [1.82, 2.24) is 9.38 Å². The Kier molecular flexibility index (Phi) is 5.25.